The summed E-state index contributed by atoms with van der Waals surface area (Å²) in [6, 6.07) is 7.77. The minimum atomic E-state index is 0.0541. The minimum absolute atomic E-state index is 0.0541. The SMILES string of the molecule is Cc1ccccc1OCc1nnc(N)o1. The van der Waals surface area contributed by atoms with E-state index in [9.17, 15) is 0 Å². The highest BCUT2D eigenvalue weighted by molar-refractivity contribution is 5.31. The first-order valence-corrected chi connectivity index (χ1v) is 4.52. The van der Waals surface area contributed by atoms with E-state index in [1.807, 2.05) is 31.2 Å². The second-order valence-electron chi connectivity index (χ2n) is 3.09. The molecule has 78 valence electrons. The molecule has 0 unspecified atom stereocenters. The molecule has 5 nitrogen and oxygen atoms in total. The summed E-state index contributed by atoms with van der Waals surface area (Å²) >= 11 is 0. The van der Waals surface area contributed by atoms with E-state index in [2.05, 4.69) is 10.2 Å². The molecule has 0 radical (unpaired) electrons. The van der Waals surface area contributed by atoms with Crippen LogP contribution >= 0.6 is 0 Å². The molecule has 0 saturated heterocycles. The van der Waals surface area contributed by atoms with Crippen LogP contribution in [0.1, 0.15) is 11.5 Å². The summed E-state index contributed by atoms with van der Waals surface area (Å²) in [6.07, 6.45) is 0. The zero-order valence-corrected chi connectivity index (χ0v) is 8.30. The number of para-hydroxylation sites is 1. The van der Waals surface area contributed by atoms with E-state index in [1.165, 1.54) is 0 Å². The number of ether oxygens (including phenoxy) is 1. The Bertz CT molecular complexity index is 453. The maximum atomic E-state index is 5.48. The highest BCUT2D eigenvalue weighted by atomic mass is 16.5. The van der Waals surface area contributed by atoms with Crippen molar-refractivity contribution in [1.29, 1.82) is 0 Å². The highest BCUT2D eigenvalue weighted by Gasteiger charge is 2.04. The molecule has 0 aliphatic rings. The van der Waals surface area contributed by atoms with Crippen LogP contribution in [0.3, 0.4) is 0 Å². The second kappa shape index (κ2) is 4.00. The van der Waals surface area contributed by atoms with Gasteiger partial charge in [-0.2, -0.15) is 0 Å². The Labute approximate surface area is 86.9 Å². The lowest BCUT2D eigenvalue weighted by atomic mass is 10.2. The predicted octanol–water partition coefficient (Wildman–Crippen LogP) is 1.54. The molecule has 2 N–H and O–H groups in total. The van der Waals surface area contributed by atoms with Crippen molar-refractivity contribution in [3.05, 3.63) is 35.7 Å². The average Bonchev–Trinajstić information content (AvgIpc) is 2.63. The molecule has 0 atom stereocenters. The normalized spacial score (nSPS) is 10.2. The minimum Gasteiger partial charge on any atom is -0.484 e. The number of benzene rings is 1. The molecule has 1 heterocycles. The smallest absolute Gasteiger partial charge is 0.312 e. The lowest BCUT2D eigenvalue weighted by Gasteiger charge is -2.05. The quantitative estimate of drug-likeness (QED) is 0.822. The van der Waals surface area contributed by atoms with E-state index in [0.29, 0.717) is 5.89 Å². The van der Waals surface area contributed by atoms with Gasteiger partial charge < -0.3 is 14.9 Å². The third-order valence-corrected chi connectivity index (χ3v) is 1.93. The second-order valence-corrected chi connectivity index (χ2v) is 3.09. The Morgan fingerprint density at radius 1 is 1.33 bits per heavy atom. The standard InChI is InChI=1S/C10H11N3O2/c1-7-4-2-3-5-8(7)14-6-9-12-13-10(11)15-9/h2-5H,6H2,1H3,(H2,11,13). The van der Waals surface area contributed by atoms with E-state index in [0.717, 1.165) is 11.3 Å². The topological polar surface area (TPSA) is 74.2 Å². The molecule has 2 rings (SSSR count). The molecule has 2 aromatic rings. The van der Waals surface area contributed by atoms with Crippen molar-refractivity contribution in [2.24, 2.45) is 0 Å². The Morgan fingerprint density at radius 3 is 2.80 bits per heavy atom. The average molecular weight is 205 g/mol. The summed E-state index contributed by atoms with van der Waals surface area (Å²) < 4.78 is 10.5. The van der Waals surface area contributed by atoms with Crippen LogP contribution < -0.4 is 10.5 Å². The number of aryl methyl sites for hydroxylation is 1. The summed E-state index contributed by atoms with van der Waals surface area (Å²) in [5, 5.41) is 7.23. The van der Waals surface area contributed by atoms with Crippen LogP contribution in [0.15, 0.2) is 28.7 Å². The fourth-order valence-electron chi connectivity index (χ4n) is 1.18. The Hall–Kier alpha value is -2.04. The first-order valence-electron chi connectivity index (χ1n) is 4.52. The summed E-state index contributed by atoms with van der Waals surface area (Å²) in [7, 11) is 0. The predicted molar refractivity (Wildman–Crippen MR) is 54.2 cm³/mol. The van der Waals surface area contributed by atoms with Gasteiger partial charge in [0, 0.05) is 0 Å². The van der Waals surface area contributed by atoms with E-state index >= 15 is 0 Å². The van der Waals surface area contributed by atoms with Crippen molar-refractivity contribution in [2.75, 3.05) is 5.73 Å². The van der Waals surface area contributed by atoms with Crippen LogP contribution in [0.4, 0.5) is 6.01 Å². The zero-order valence-electron chi connectivity index (χ0n) is 8.30. The van der Waals surface area contributed by atoms with Crippen LogP contribution in [0.2, 0.25) is 0 Å². The van der Waals surface area contributed by atoms with Crippen LogP contribution in [-0.4, -0.2) is 10.2 Å². The van der Waals surface area contributed by atoms with Gasteiger partial charge in [-0.25, -0.2) is 0 Å². The molecule has 0 aliphatic carbocycles. The maximum Gasteiger partial charge on any atom is 0.312 e. The third-order valence-electron chi connectivity index (χ3n) is 1.93. The molecule has 0 spiro atoms. The first-order chi connectivity index (χ1) is 7.25. The molecule has 0 fully saturated rings. The van der Waals surface area contributed by atoms with Gasteiger partial charge in [-0.15, -0.1) is 5.10 Å². The lowest BCUT2D eigenvalue weighted by molar-refractivity contribution is 0.263. The molecule has 1 aromatic heterocycles. The molecular formula is C10H11N3O2. The molecule has 0 bridgehead atoms. The number of aromatic nitrogens is 2. The monoisotopic (exact) mass is 205 g/mol. The molecular weight excluding hydrogens is 194 g/mol. The maximum absolute atomic E-state index is 5.48. The van der Waals surface area contributed by atoms with Crippen LogP contribution in [-0.2, 0) is 6.61 Å². The van der Waals surface area contributed by atoms with E-state index in [-0.39, 0.29) is 12.6 Å². The summed E-state index contributed by atoms with van der Waals surface area (Å²) in [5.41, 5.74) is 6.34. The molecule has 0 amide bonds. The Balaban J connectivity index is 2.02. The van der Waals surface area contributed by atoms with Gasteiger partial charge in [0.1, 0.15) is 5.75 Å². The van der Waals surface area contributed by atoms with E-state index < -0.39 is 0 Å². The summed E-state index contributed by atoms with van der Waals surface area (Å²) in [6.45, 7) is 2.20. The number of nitrogens with two attached hydrogens (primary N) is 1. The van der Waals surface area contributed by atoms with Crippen LogP contribution in [0, 0.1) is 6.92 Å². The van der Waals surface area contributed by atoms with Crippen molar-refractivity contribution < 1.29 is 9.15 Å². The number of hydrogen-bond donors (Lipinski definition) is 1. The number of anilines is 1. The summed E-state index contributed by atoms with van der Waals surface area (Å²) in [5.74, 6) is 1.17. The molecule has 1 aromatic carbocycles. The highest BCUT2D eigenvalue weighted by Crippen LogP contribution is 2.17. The van der Waals surface area contributed by atoms with Crippen molar-refractivity contribution in [3.8, 4) is 5.75 Å². The van der Waals surface area contributed by atoms with Crippen LogP contribution in [0.5, 0.6) is 5.75 Å². The number of nitrogen functional groups attached to an aromatic ring is 1. The van der Waals surface area contributed by atoms with Gasteiger partial charge in [0.05, 0.1) is 0 Å². The fourth-order valence-corrected chi connectivity index (χ4v) is 1.18. The van der Waals surface area contributed by atoms with Crippen molar-refractivity contribution in [3.63, 3.8) is 0 Å². The fraction of sp³-hybridized carbons (Fsp3) is 0.200. The van der Waals surface area contributed by atoms with Gasteiger partial charge in [-0.1, -0.05) is 23.3 Å². The Kier molecular flexibility index (Phi) is 2.53. The number of nitrogens with zero attached hydrogens (tertiary/aromatic N) is 2. The molecule has 0 aliphatic heterocycles. The zero-order chi connectivity index (χ0) is 10.7. The summed E-state index contributed by atoms with van der Waals surface area (Å²) in [4.78, 5) is 0. The lowest BCUT2D eigenvalue weighted by Crippen LogP contribution is -1.97. The van der Waals surface area contributed by atoms with Crippen molar-refractivity contribution in [1.82, 2.24) is 10.2 Å². The van der Waals surface area contributed by atoms with Crippen LogP contribution in [0.25, 0.3) is 0 Å². The first kappa shape index (κ1) is 9.51. The van der Waals surface area contributed by atoms with Gasteiger partial charge in [0.15, 0.2) is 6.61 Å². The van der Waals surface area contributed by atoms with Gasteiger partial charge in [0.25, 0.3) is 5.89 Å². The van der Waals surface area contributed by atoms with E-state index in [1.54, 1.807) is 0 Å². The Morgan fingerprint density at radius 2 is 2.13 bits per heavy atom. The van der Waals surface area contributed by atoms with Gasteiger partial charge >= 0.3 is 6.01 Å². The van der Waals surface area contributed by atoms with Gasteiger partial charge in [-0.05, 0) is 18.6 Å². The van der Waals surface area contributed by atoms with Crippen molar-refractivity contribution in [2.45, 2.75) is 13.5 Å². The largest absolute Gasteiger partial charge is 0.484 e. The van der Waals surface area contributed by atoms with Crippen molar-refractivity contribution >= 4 is 6.01 Å². The van der Waals surface area contributed by atoms with Gasteiger partial charge in [0.2, 0.25) is 0 Å². The molecule has 0 saturated carbocycles. The third kappa shape index (κ3) is 2.25. The number of hydrogen-bond acceptors (Lipinski definition) is 5. The molecule has 5 heteroatoms. The number of rotatable bonds is 3. The molecule has 15 heavy (non-hydrogen) atoms. The van der Waals surface area contributed by atoms with E-state index in [4.69, 9.17) is 14.9 Å². The van der Waals surface area contributed by atoms with Gasteiger partial charge in [-0.3, -0.25) is 0 Å².